The van der Waals surface area contributed by atoms with E-state index in [2.05, 4.69) is 22.5 Å². The van der Waals surface area contributed by atoms with Crippen molar-refractivity contribution in [3.63, 3.8) is 0 Å². The average molecular weight is 266 g/mol. The highest BCUT2D eigenvalue weighted by molar-refractivity contribution is 5.79. The molecule has 0 radical (unpaired) electrons. The number of hydrogen-bond acceptors (Lipinski definition) is 2. The Morgan fingerprint density at radius 1 is 1.42 bits per heavy atom. The highest BCUT2D eigenvalue weighted by Crippen LogP contribution is 2.28. The maximum atomic E-state index is 11.5. The van der Waals surface area contributed by atoms with E-state index in [1.54, 1.807) is 0 Å². The Labute approximate surface area is 115 Å². The van der Waals surface area contributed by atoms with E-state index in [-0.39, 0.29) is 0 Å². The molecule has 2 N–H and O–H groups in total. The van der Waals surface area contributed by atoms with Gasteiger partial charge in [-0.15, -0.1) is 0 Å². The molecule has 0 spiro atoms. The summed E-state index contributed by atoms with van der Waals surface area (Å²) < 4.78 is 0. The predicted octanol–water partition coefficient (Wildman–Crippen LogP) is 0.964. The number of guanidine groups is 1. The Balaban J connectivity index is 1.60. The topological polar surface area (TPSA) is 56.7 Å². The molecule has 0 aromatic rings. The van der Waals surface area contributed by atoms with E-state index < -0.39 is 0 Å². The van der Waals surface area contributed by atoms with Crippen LogP contribution in [0.1, 0.15) is 39.0 Å². The standard InChI is InChI=1S/C14H26N4O/c1-2-15-14(17-11-12-6-7-12)16-8-4-10-18-9-3-5-13(18)19/h12H,2-11H2,1H3,(H2,15,16,17). The Hall–Kier alpha value is -1.26. The maximum Gasteiger partial charge on any atom is 0.222 e. The lowest BCUT2D eigenvalue weighted by atomic mass is 10.4. The van der Waals surface area contributed by atoms with Crippen LogP contribution >= 0.6 is 0 Å². The van der Waals surface area contributed by atoms with Crippen LogP contribution in [0.4, 0.5) is 0 Å². The van der Waals surface area contributed by atoms with Gasteiger partial charge in [-0.1, -0.05) is 0 Å². The van der Waals surface area contributed by atoms with Gasteiger partial charge in [-0.3, -0.25) is 9.79 Å². The third kappa shape index (κ3) is 5.09. The zero-order valence-electron chi connectivity index (χ0n) is 12.0. The highest BCUT2D eigenvalue weighted by atomic mass is 16.2. The number of hydrogen-bond donors (Lipinski definition) is 2. The van der Waals surface area contributed by atoms with Crippen molar-refractivity contribution < 1.29 is 4.79 Å². The van der Waals surface area contributed by atoms with Gasteiger partial charge in [0.15, 0.2) is 5.96 Å². The van der Waals surface area contributed by atoms with Crippen LogP contribution < -0.4 is 10.6 Å². The summed E-state index contributed by atoms with van der Waals surface area (Å²) in [7, 11) is 0. The first-order chi connectivity index (χ1) is 9.29. The molecule has 2 rings (SSSR count). The van der Waals surface area contributed by atoms with Crippen LogP contribution in [0.15, 0.2) is 4.99 Å². The van der Waals surface area contributed by atoms with Crippen molar-refractivity contribution >= 4 is 11.9 Å². The number of nitrogens with zero attached hydrogens (tertiary/aromatic N) is 2. The van der Waals surface area contributed by atoms with E-state index in [1.807, 2.05) is 4.90 Å². The van der Waals surface area contributed by atoms with Crippen LogP contribution in [0.2, 0.25) is 0 Å². The number of likely N-dealkylation sites (tertiary alicyclic amines) is 1. The molecule has 1 saturated carbocycles. The molecule has 0 bridgehead atoms. The molecule has 1 aliphatic carbocycles. The number of carbonyl (C=O) groups excluding carboxylic acids is 1. The van der Waals surface area contributed by atoms with Gasteiger partial charge in [0.25, 0.3) is 0 Å². The lowest BCUT2D eigenvalue weighted by Crippen LogP contribution is -2.39. The van der Waals surface area contributed by atoms with Gasteiger partial charge >= 0.3 is 0 Å². The van der Waals surface area contributed by atoms with Gasteiger partial charge in [-0.2, -0.15) is 0 Å². The minimum absolute atomic E-state index is 0.314. The number of nitrogens with one attached hydrogen (secondary N) is 2. The summed E-state index contributed by atoms with van der Waals surface area (Å²) in [5, 5.41) is 6.60. The van der Waals surface area contributed by atoms with E-state index in [9.17, 15) is 4.79 Å². The largest absolute Gasteiger partial charge is 0.357 e. The van der Waals surface area contributed by atoms with Crippen molar-refractivity contribution in [1.29, 1.82) is 0 Å². The first-order valence-electron chi connectivity index (χ1n) is 7.59. The number of amides is 1. The second-order valence-electron chi connectivity index (χ2n) is 5.43. The molecule has 0 aromatic heterocycles. The molecule has 0 aromatic carbocycles. The number of carbonyl (C=O) groups is 1. The van der Waals surface area contributed by atoms with Crippen LogP contribution in [-0.2, 0) is 4.79 Å². The molecular formula is C14H26N4O. The molecule has 0 unspecified atom stereocenters. The quantitative estimate of drug-likeness (QED) is 0.410. The summed E-state index contributed by atoms with van der Waals surface area (Å²) in [6.45, 7) is 6.60. The minimum atomic E-state index is 0.314. The van der Waals surface area contributed by atoms with Crippen LogP contribution in [0.3, 0.4) is 0 Å². The average Bonchev–Trinajstić information content (AvgIpc) is 3.14. The second-order valence-corrected chi connectivity index (χ2v) is 5.43. The van der Waals surface area contributed by atoms with Gasteiger partial charge in [0.05, 0.1) is 0 Å². The molecule has 19 heavy (non-hydrogen) atoms. The van der Waals surface area contributed by atoms with Crippen LogP contribution in [0.25, 0.3) is 0 Å². The lowest BCUT2D eigenvalue weighted by molar-refractivity contribution is -0.127. The molecular weight excluding hydrogens is 240 g/mol. The molecule has 1 aliphatic heterocycles. The Morgan fingerprint density at radius 2 is 2.26 bits per heavy atom. The molecule has 5 nitrogen and oxygen atoms in total. The van der Waals surface area contributed by atoms with Crippen molar-refractivity contribution in [2.45, 2.75) is 39.0 Å². The molecule has 0 atom stereocenters. The molecule has 2 fully saturated rings. The first-order valence-corrected chi connectivity index (χ1v) is 7.59. The summed E-state index contributed by atoms with van der Waals surface area (Å²) >= 11 is 0. The van der Waals surface area contributed by atoms with E-state index in [0.29, 0.717) is 5.91 Å². The molecule has 1 amide bonds. The zero-order chi connectivity index (χ0) is 13.5. The maximum absolute atomic E-state index is 11.5. The summed E-state index contributed by atoms with van der Waals surface area (Å²) in [6.07, 6.45) is 5.41. The number of rotatable bonds is 7. The van der Waals surface area contributed by atoms with Crippen molar-refractivity contribution in [1.82, 2.24) is 15.5 Å². The SMILES string of the molecule is CCNC(=NCC1CC1)NCCCN1CCCC1=O. The Kier molecular flexibility index (Phi) is 5.48. The Bertz CT molecular complexity index is 325. The van der Waals surface area contributed by atoms with Crippen LogP contribution in [0, 0.1) is 5.92 Å². The first kappa shape index (κ1) is 14.2. The fourth-order valence-electron chi connectivity index (χ4n) is 2.28. The third-order valence-corrected chi connectivity index (χ3v) is 3.62. The smallest absolute Gasteiger partial charge is 0.222 e. The summed E-state index contributed by atoms with van der Waals surface area (Å²) in [5.41, 5.74) is 0. The predicted molar refractivity (Wildman–Crippen MR) is 77.1 cm³/mol. The summed E-state index contributed by atoms with van der Waals surface area (Å²) in [5.74, 6) is 2.05. The third-order valence-electron chi connectivity index (χ3n) is 3.62. The molecule has 108 valence electrons. The van der Waals surface area contributed by atoms with Crippen molar-refractivity contribution in [3.05, 3.63) is 0 Å². The molecule has 1 saturated heterocycles. The Morgan fingerprint density at radius 3 is 2.89 bits per heavy atom. The molecule has 5 heteroatoms. The summed E-state index contributed by atoms with van der Waals surface area (Å²) in [4.78, 5) is 18.0. The van der Waals surface area contributed by atoms with E-state index in [1.165, 1.54) is 12.8 Å². The monoisotopic (exact) mass is 266 g/mol. The van der Waals surface area contributed by atoms with Gasteiger partial charge in [0, 0.05) is 39.1 Å². The highest BCUT2D eigenvalue weighted by Gasteiger charge is 2.21. The van der Waals surface area contributed by atoms with Gasteiger partial charge in [0.1, 0.15) is 0 Å². The fourth-order valence-corrected chi connectivity index (χ4v) is 2.28. The van der Waals surface area contributed by atoms with E-state index >= 15 is 0 Å². The zero-order valence-corrected chi connectivity index (χ0v) is 12.0. The van der Waals surface area contributed by atoms with E-state index in [4.69, 9.17) is 0 Å². The van der Waals surface area contributed by atoms with Crippen LogP contribution in [0.5, 0.6) is 0 Å². The van der Waals surface area contributed by atoms with Crippen LogP contribution in [-0.4, -0.2) is 49.5 Å². The van der Waals surface area contributed by atoms with Crippen molar-refractivity contribution in [3.8, 4) is 0 Å². The van der Waals surface area contributed by atoms with Crippen molar-refractivity contribution in [2.24, 2.45) is 10.9 Å². The fraction of sp³-hybridized carbons (Fsp3) is 0.857. The van der Waals surface area contributed by atoms with Crippen molar-refractivity contribution in [2.75, 3.05) is 32.7 Å². The molecule has 2 aliphatic rings. The number of aliphatic imine (C=N–C) groups is 1. The van der Waals surface area contributed by atoms with Gasteiger partial charge in [0.2, 0.25) is 5.91 Å². The van der Waals surface area contributed by atoms with Gasteiger partial charge < -0.3 is 15.5 Å². The van der Waals surface area contributed by atoms with E-state index in [0.717, 1.165) is 63.9 Å². The van der Waals surface area contributed by atoms with Gasteiger partial charge in [-0.05, 0) is 38.5 Å². The lowest BCUT2D eigenvalue weighted by Gasteiger charge is -2.16. The second kappa shape index (κ2) is 7.36. The normalized spacial score (nSPS) is 19.9. The van der Waals surface area contributed by atoms with Gasteiger partial charge in [-0.25, -0.2) is 0 Å². The minimum Gasteiger partial charge on any atom is -0.357 e. The summed E-state index contributed by atoms with van der Waals surface area (Å²) in [6, 6.07) is 0. The molecule has 1 heterocycles.